The number of nitrogens with zero attached hydrogens (tertiary/aromatic N) is 4. The molecule has 1 fully saturated rings. The van der Waals surface area contributed by atoms with Crippen molar-refractivity contribution < 1.29 is 4.79 Å². The number of hydrogen-bond donors (Lipinski definition) is 2. The smallest absolute Gasteiger partial charge is 0.256 e. The van der Waals surface area contributed by atoms with Gasteiger partial charge in [0.05, 0.1) is 29.3 Å². The quantitative estimate of drug-likeness (QED) is 0.740. The van der Waals surface area contributed by atoms with Crippen LogP contribution in [0.2, 0.25) is 0 Å². The first-order chi connectivity index (χ1) is 11.5. The number of carbonyl (C=O) groups excluding carboxylic acids is 1. The summed E-state index contributed by atoms with van der Waals surface area (Å²) in [7, 11) is 1.93. The largest absolute Gasteiger partial charge is 0.340 e. The fourth-order valence-electron chi connectivity index (χ4n) is 3.48. The number of hydrogen-bond acceptors (Lipinski definition) is 4. The van der Waals surface area contributed by atoms with E-state index >= 15 is 0 Å². The van der Waals surface area contributed by atoms with Gasteiger partial charge in [-0.3, -0.25) is 9.89 Å². The van der Waals surface area contributed by atoms with Gasteiger partial charge in [0, 0.05) is 43.7 Å². The molecule has 0 bridgehead atoms. The molecule has 124 valence electrons. The normalized spacial score (nSPS) is 20.9. The van der Waals surface area contributed by atoms with E-state index in [1.165, 1.54) is 0 Å². The van der Waals surface area contributed by atoms with Gasteiger partial charge in [-0.15, -0.1) is 0 Å². The Morgan fingerprint density at radius 1 is 1.38 bits per heavy atom. The molecule has 1 aromatic carbocycles. The number of likely N-dealkylation sites (tertiary alicyclic amines) is 1. The fraction of sp³-hybridized carbons (Fsp3) is 0.353. The molecule has 0 unspecified atom stereocenters. The number of amides is 1. The number of nitrogens with one attached hydrogen (secondary N) is 1. The van der Waals surface area contributed by atoms with Crippen molar-refractivity contribution in [2.45, 2.75) is 18.9 Å². The van der Waals surface area contributed by atoms with Crippen LogP contribution in [0, 0.1) is 6.92 Å². The summed E-state index contributed by atoms with van der Waals surface area (Å²) >= 11 is 0. The van der Waals surface area contributed by atoms with E-state index in [9.17, 15) is 4.79 Å². The molecular weight excluding hydrogens is 304 g/mol. The van der Waals surface area contributed by atoms with Gasteiger partial charge in [0.1, 0.15) is 0 Å². The van der Waals surface area contributed by atoms with Gasteiger partial charge in [-0.1, -0.05) is 0 Å². The van der Waals surface area contributed by atoms with Gasteiger partial charge >= 0.3 is 0 Å². The van der Waals surface area contributed by atoms with Crippen LogP contribution in [-0.2, 0) is 7.05 Å². The van der Waals surface area contributed by atoms with E-state index in [0.717, 1.165) is 22.2 Å². The summed E-state index contributed by atoms with van der Waals surface area (Å²) in [6.45, 7) is 3.10. The number of rotatable bonds is 2. The summed E-state index contributed by atoms with van der Waals surface area (Å²) < 4.78 is 1.90. The molecule has 1 amide bonds. The summed E-state index contributed by atoms with van der Waals surface area (Å²) in [5, 5.41) is 7.94. The van der Waals surface area contributed by atoms with Crippen LogP contribution in [0.15, 0.2) is 30.9 Å². The zero-order chi connectivity index (χ0) is 16.8. The Labute approximate surface area is 139 Å². The molecule has 1 saturated heterocycles. The lowest BCUT2D eigenvalue weighted by Gasteiger charge is -2.17. The molecule has 0 spiro atoms. The molecular formula is C17H20N6O. The van der Waals surface area contributed by atoms with Gasteiger partial charge in [0.2, 0.25) is 0 Å². The summed E-state index contributed by atoms with van der Waals surface area (Å²) in [5.41, 5.74) is 9.69. The molecule has 0 radical (unpaired) electrons. The van der Waals surface area contributed by atoms with Crippen molar-refractivity contribution in [1.82, 2.24) is 24.6 Å². The SMILES string of the molecule is Cc1cc(C(=O)N2C[C@@H](N)[C@H](c3cn(C)cn3)C2)c2[nH]ncc2c1. The number of carbonyl (C=O) groups is 1. The highest BCUT2D eigenvalue weighted by Crippen LogP contribution is 2.28. The zero-order valence-corrected chi connectivity index (χ0v) is 13.7. The summed E-state index contributed by atoms with van der Waals surface area (Å²) in [5.74, 6) is 0.0547. The highest BCUT2D eigenvalue weighted by molar-refractivity contribution is 6.05. The first kappa shape index (κ1) is 14.9. The minimum absolute atomic E-state index is 0.0122. The second kappa shape index (κ2) is 5.45. The third-order valence-corrected chi connectivity index (χ3v) is 4.68. The molecule has 2 atom stereocenters. The molecule has 1 aliphatic rings. The maximum atomic E-state index is 13.0. The van der Waals surface area contributed by atoms with E-state index in [1.54, 1.807) is 12.5 Å². The molecule has 4 rings (SSSR count). The molecule has 7 heteroatoms. The van der Waals surface area contributed by atoms with Crippen molar-refractivity contribution in [2.75, 3.05) is 13.1 Å². The maximum absolute atomic E-state index is 13.0. The Balaban J connectivity index is 1.64. The molecule has 2 aromatic heterocycles. The zero-order valence-electron chi connectivity index (χ0n) is 13.7. The Hall–Kier alpha value is -2.67. The van der Waals surface area contributed by atoms with Gasteiger partial charge in [-0.2, -0.15) is 5.10 Å². The Morgan fingerprint density at radius 2 is 2.21 bits per heavy atom. The molecule has 24 heavy (non-hydrogen) atoms. The van der Waals surface area contributed by atoms with Crippen LogP contribution in [0.5, 0.6) is 0 Å². The van der Waals surface area contributed by atoms with E-state index in [-0.39, 0.29) is 17.9 Å². The molecule has 3 heterocycles. The topological polar surface area (TPSA) is 92.8 Å². The number of imidazole rings is 1. The van der Waals surface area contributed by atoms with Gasteiger partial charge in [-0.25, -0.2) is 4.98 Å². The first-order valence-corrected chi connectivity index (χ1v) is 7.99. The van der Waals surface area contributed by atoms with E-state index in [4.69, 9.17) is 5.73 Å². The second-order valence-corrected chi connectivity index (χ2v) is 6.59. The lowest BCUT2D eigenvalue weighted by atomic mass is 10.0. The van der Waals surface area contributed by atoms with Crippen molar-refractivity contribution >= 4 is 16.8 Å². The average Bonchev–Trinajstić information content (AvgIpc) is 3.25. The predicted octanol–water partition coefficient (Wildman–Crippen LogP) is 1.17. The van der Waals surface area contributed by atoms with Crippen LogP contribution in [0.3, 0.4) is 0 Å². The fourth-order valence-corrected chi connectivity index (χ4v) is 3.48. The molecule has 0 aliphatic carbocycles. The minimum atomic E-state index is -0.106. The third-order valence-electron chi connectivity index (χ3n) is 4.68. The van der Waals surface area contributed by atoms with Crippen LogP contribution in [0.25, 0.3) is 10.9 Å². The van der Waals surface area contributed by atoms with Crippen molar-refractivity contribution in [3.05, 3.63) is 47.7 Å². The molecule has 7 nitrogen and oxygen atoms in total. The average molecular weight is 324 g/mol. The lowest BCUT2D eigenvalue weighted by Crippen LogP contribution is -2.32. The van der Waals surface area contributed by atoms with Crippen molar-refractivity contribution in [2.24, 2.45) is 12.8 Å². The Kier molecular flexibility index (Phi) is 3.38. The first-order valence-electron chi connectivity index (χ1n) is 7.99. The van der Waals surface area contributed by atoms with Crippen LogP contribution in [0.1, 0.15) is 27.5 Å². The Bertz CT molecular complexity index is 911. The number of H-pyrrole nitrogens is 1. The van der Waals surface area contributed by atoms with Crippen LogP contribution in [0.4, 0.5) is 0 Å². The number of fused-ring (bicyclic) bond motifs is 1. The number of aromatic nitrogens is 4. The van der Waals surface area contributed by atoms with E-state index in [1.807, 2.05) is 41.8 Å². The predicted molar refractivity (Wildman–Crippen MR) is 90.7 cm³/mol. The van der Waals surface area contributed by atoms with Crippen LogP contribution >= 0.6 is 0 Å². The van der Waals surface area contributed by atoms with Crippen molar-refractivity contribution in [3.8, 4) is 0 Å². The summed E-state index contributed by atoms with van der Waals surface area (Å²) in [4.78, 5) is 19.3. The summed E-state index contributed by atoms with van der Waals surface area (Å²) in [6, 6.07) is 3.82. The van der Waals surface area contributed by atoms with E-state index in [0.29, 0.717) is 18.7 Å². The van der Waals surface area contributed by atoms with Gasteiger partial charge in [0.25, 0.3) is 5.91 Å². The highest BCUT2D eigenvalue weighted by atomic mass is 16.2. The lowest BCUT2D eigenvalue weighted by molar-refractivity contribution is 0.0790. The van der Waals surface area contributed by atoms with Crippen molar-refractivity contribution in [1.29, 1.82) is 0 Å². The van der Waals surface area contributed by atoms with Crippen molar-refractivity contribution in [3.63, 3.8) is 0 Å². The number of aromatic amines is 1. The van der Waals surface area contributed by atoms with Crippen LogP contribution < -0.4 is 5.73 Å². The van der Waals surface area contributed by atoms with Crippen LogP contribution in [-0.4, -0.2) is 49.7 Å². The minimum Gasteiger partial charge on any atom is -0.340 e. The summed E-state index contributed by atoms with van der Waals surface area (Å²) in [6.07, 6.45) is 5.48. The standard InChI is InChI=1S/C17H20N6O/c1-10-3-11-5-20-21-16(11)12(4-10)17(24)23-6-13(14(18)7-23)15-8-22(2)9-19-15/h3-5,8-9,13-14H,6-7,18H2,1-2H3,(H,20,21)/t13-,14-/m1/s1. The monoisotopic (exact) mass is 324 g/mol. The van der Waals surface area contributed by atoms with Gasteiger partial charge in [0.15, 0.2) is 0 Å². The molecule has 1 aliphatic heterocycles. The van der Waals surface area contributed by atoms with Gasteiger partial charge in [-0.05, 0) is 24.6 Å². The molecule has 3 N–H and O–H groups in total. The highest BCUT2D eigenvalue weighted by Gasteiger charge is 2.36. The van der Waals surface area contributed by atoms with E-state index < -0.39 is 0 Å². The number of aryl methyl sites for hydroxylation is 2. The second-order valence-electron chi connectivity index (χ2n) is 6.59. The number of nitrogens with two attached hydrogens (primary N) is 1. The number of benzene rings is 1. The van der Waals surface area contributed by atoms with Gasteiger partial charge < -0.3 is 15.2 Å². The Morgan fingerprint density at radius 3 is 2.96 bits per heavy atom. The maximum Gasteiger partial charge on any atom is 0.256 e. The van der Waals surface area contributed by atoms with E-state index in [2.05, 4.69) is 15.2 Å². The molecule has 3 aromatic rings. The third kappa shape index (κ3) is 2.37. The molecule has 0 saturated carbocycles.